The molecule has 2 aromatic carbocycles. The van der Waals surface area contributed by atoms with E-state index in [1.807, 2.05) is 0 Å². The summed E-state index contributed by atoms with van der Waals surface area (Å²) in [6.45, 7) is 22.4. The highest BCUT2D eigenvalue weighted by atomic mass is 15.0. The van der Waals surface area contributed by atoms with Gasteiger partial charge in [-0.05, 0) is 110 Å². The maximum atomic E-state index is 2.54. The van der Waals surface area contributed by atoms with Gasteiger partial charge >= 0.3 is 0 Å². The molecule has 0 fully saturated rings. The molecule has 0 spiro atoms. The van der Waals surface area contributed by atoms with E-state index in [9.17, 15) is 0 Å². The van der Waals surface area contributed by atoms with Gasteiger partial charge in [0.05, 0.1) is 34.4 Å². The molecule has 107 heavy (non-hydrogen) atoms. The van der Waals surface area contributed by atoms with Gasteiger partial charge in [-0.1, -0.05) is 154 Å². The van der Waals surface area contributed by atoms with E-state index < -0.39 is 0 Å². The molecule has 0 atom stereocenters. The number of unbranched alkanes of at least 4 members (excludes halogenated alkanes) is 18. The summed E-state index contributed by atoms with van der Waals surface area (Å²) in [7, 11) is 4.27. The Kier molecular flexibility index (Phi) is 32.7. The molecule has 9 nitrogen and oxygen atoms in total. The molecular weight excluding hydrogens is 1300 g/mol. The van der Waals surface area contributed by atoms with Gasteiger partial charge in [0.1, 0.15) is 53.4 Å². The lowest BCUT2D eigenvalue weighted by atomic mass is 9.83. The summed E-state index contributed by atoms with van der Waals surface area (Å²) >= 11 is 0. The molecular formula is C98H130N9+9. The highest BCUT2D eigenvalue weighted by Crippen LogP contribution is 2.40. The van der Waals surface area contributed by atoms with Crippen LogP contribution in [-0.2, 0) is 66.2 Å². The summed E-state index contributed by atoms with van der Waals surface area (Å²) in [5, 5.41) is 0. The minimum atomic E-state index is 1.03. The van der Waals surface area contributed by atoms with Crippen LogP contribution in [-0.4, -0.2) is 0 Å². The summed E-state index contributed by atoms with van der Waals surface area (Å²) in [6, 6.07) is 56.8. The van der Waals surface area contributed by atoms with Gasteiger partial charge in [0.15, 0.2) is 86.8 Å². The van der Waals surface area contributed by atoms with Gasteiger partial charge in [0.25, 0.3) is 0 Å². The molecule has 9 heteroatoms. The van der Waals surface area contributed by atoms with Crippen LogP contribution in [0.2, 0.25) is 0 Å². The molecule has 0 saturated heterocycles. The van der Waals surface area contributed by atoms with Crippen molar-refractivity contribution in [2.75, 3.05) is 0 Å². The van der Waals surface area contributed by atoms with E-state index in [4.69, 9.17) is 0 Å². The van der Waals surface area contributed by atoms with E-state index in [0.29, 0.717) is 0 Å². The Bertz CT molecular complexity index is 4410. The Morgan fingerprint density at radius 3 is 1.08 bits per heavy atom. The fourth-order valence-corrected chi connectivity index (χ4v) is 15.1. The van der Waals surface area contributed by atoms with Crippen molar-refractivity contribution in [2.24, 2.45) is 14.1 Å². The summed E-state index contributed by atoms with van der Waals surface area (Å²) in [4.78, 5) is 0. The molecule has 0 N–H and O–H groups in total. The predicted molar refractivity (Wildman–Crippen MR) is 439 cm³/mol. The smallest absolute Gasteiger partial charge is 0.205 e. The van der Waals surface area contributed by atoms with Crippen LogP contribution >= 0.6 is 0 Å². The van der Waals surface area contributed by atoms with Gasteiger partial charge in [-0.15, -0.1) is 0 Å². The van der Waals surface area contributed by atoms with Crippen LogP contribution in [0.5, 0.6) is 0 Å². The zero-order valence-electron chi connectivity index (χ0n) is 67.2. The summed E-state index contributed by atoms with van der Waals surface area (Å²) in [5.74, 6) is 0. The first-order valence-corrected chi connectivity index (χ1v) is 41.8. The summed E-state index contributed by atoms with van der Waals surface area (Å²) < 4.78 is 20.9. The van der Waals surface area contributed by atoms with Crippen LogP contribution in [0.4, 0.5) is 0 Å². The summed E-state index contributed by atoms with van der Waals surface area (Å²) in [5.41, 5.74) is 23.3. The third-order valence-electron chi connectivity index (χ3n) is 21.7. The number of pyridine rings is 9. The zero-order valence-corrected chi connectivity index (χ0v) is 67.2. The van der Waals surface area contributed by atoms with Crippen molar-refractivity contribution in [1.29, 1.82) is 0 Å². The van der Waals surface area contributed by atoms with E-state index in [2.05, 4.69) is 342 Å². The number of rotatable bonds is 37. The molecule has 9 aromatic heterocycles. The minimum Gasteiger partial charge on any atom is -0.205 e. The molecule has 0 saturated carbocycles. The van der Waals surface area contributed by atoms with Crippen molar-refractivity contribution in [2.45, 2.75) is 255 Å². The van der Waals surface area contributed by atoms with Crippen LogP contribution in [0.1, 0.15) is 212 Å². The van der Waals surface area contributed by atoms with E-state index >= 15 is 0 Å². The molecule has 1 aliphatic rings. The molecule has 9 heterocycles. The average molecular weight is 1430 g/mol. The van der Waals surface area contributed by atoms with Gasteiger partial charge in [-0.2, -0.15) is 4.57 Å². The van der Waals surface area contributed by atoms with Crippen LogP contribution in [0.3, 0.4) is 0 Å². The van der Waals surface area contributed by atoms with Crippen molar-refractivity contribution in [1.82, 2.24) is 0 Å². The number of aromatic nitrogens is 9. The SMILES string of the molecule is CCCCCC[n+]1ccc(-c2cc(-c3ccc(C)cc3)[n+](-c3cc[n+](CCCCCC)cc3)c3c2CCc2ccccc2-3)cc1.CCCCCC[n+]1ccc(-c2cc[n+](C)c(-c3cc[n+](CCCCCC)cc3)c2)cc1.CCCCCC[n+]1ccc(-c2ccc[n+](C)c2-c2cc[n+](CCCCCC)cc2)cc1. The van der Waals surface area contributed by atoms with Crippen molar-refractivity contribution < 1.29 is 41.1 Å². The predicted octanol–water partition coefficient (Wildman–Crippen LogP) is 20.3. The molecule has 12 rings (SSSR count). The number of aryl methyl sites for hydroxylation is 10. The van der Waals surface area contributed by atoms with Crippen LogP contribution in [0, 0.1) is 6.92 Å². The maximum Gasteiger partial charge on any atom is 0.223 e. The second-order valence-electron chi connectivity index (χ2n) is 30.2. The second-order valence-corrected chi connectivity index (χ2v) is 30.2. The molecule has 0 amide bonds. The van der Waals surface area contributed by atoms with Gasteiger partial charge in [0.2, 0.25) is 28.5 Å². The highest BCUT2D eigenvalue weighted by Gasteiger charge is 2.34. The van der Waals surface area contributed by atoms with Crippen LogP contribution in [0.15, 0.2) is 238 Å². The number of fused-ring (bicyclic) bond motifs is 3. The maximum absolute atomic E-state index is 2.54. The molecule has 1 aliphatic carbocycles. The number of nitrogens with zero attached hydrogens (tertiary/aromatic N) is 9. The standard InChI is InChI=1S/C42H50N3.2C28H40N3/c1-4-6-8-12-26-43-28-22-35(23-29-43)40-32-41(36-18-16-33(3)17-19-36)45(37-24-30-44(31-25-37)27-13-9-7-5-2)42-38-15-11-10-14-34(38)20-21-39(40)42;1-4-6-8-10-17-30-20-13-25(14-21-30)27-12-19-29(3)28(24-27)26-15-22-31(23-16-26)18-11-9-7-5-2;1-4-6-8-10-19-30-21-14-25(15-22-30)27-13-12-18-29(3)28(27)26-16-23-31(24-17-26)20-11-9-7-5-2/h10-11,14-19,22-25,28-32H,4-9,12-13,20-21,26-27H2,1-3H3;12-16,19-24H,4-11,17-18H2,1-3H3;12-18,21-24H,4-11,19-20H2,1-3H3/q3*+3. The first-order valence-electron chi connectivity index (χ1n) is 41.8. The highest BCUT2D eigenvalue weighted by molar-refractivity contribution is 5.81. The van der Waals surface area contributed by atoms with Crippen molar-refractivity contribution >= 4 is 0 Å². The van der Waals surface area contributed by atoms with E-state index in [-0.39, 0.29) is 0 Å². The molecule has 0 bridgehead atoms. The van der Waals surface area contributed by atoms with E-state index in [1.165, 1.54) is 255 Å². The fourth-order valence-electron chi connectivity index (χ4n) is 15.1. The third-order valence-corrected chi connectivity index (χ3v) is 21.7. The largest absolute Gasteiger partial charge is 0.223 e. The number of hydrogen-bond acceptors (Lipinski definition) is 0. The lowest BCUT2D eigenvalue weighted by Crippen LogP contribution is -2.41. The Balaban J connectivity index is 0.000000177. The number of hydrogen-bond donors (Lipinski definition) is 0. The Labute approximate surface area is 645 Å². The first kappa shape index (κ1) is 80.3. The molecule has 558 valence electrons. The third kappa shape index (κ3) is 23.6. The lowest BCUT2D eigenvalue weighted by Gasteiger charge is -2.22. The van der Waals surface area contributed by atoms with Gasteiger partial charge in [-0.25, -0.2) is 36.5 Å². The van der Waals surface area contributed by atoms with Crippen LogP contribution < -0.4 is 41.1 Å². The monoisotopic (exact) mass is 1430 g/mol. The number of benzene rings is 2. The van der Waals surface area contributed by atoms with Crippen molar-refractivity contribution in [3.05, 3.63) is 255 Å². The van der Waals surface area contributed by atoms with Gasteiger partial charge in [0, 0.05) is 140 Å². The normalized spacial score (nSPS) is 11.5. The molecule has 0 unspecified atom stereocenters. The van der Waals surface area contributed by atoms with E-state index in [0.717, 1.165) is 52.1 Å². The van der Waals surface area contributed by atoms with Crippen LogP contribution in [0.25, 0.3) is 84.1 Å². The fraction of sp³-hybridized carbons (Fsp3) is 0.418. The van der Waals surface area contributed by atoms with Crippen molar-refractivity contribution in [3.63, 3.8) is 0 Å². The zero-order chi connectivity index (χ0) is 74.8. The first-order chi connectivity index (χ1) is 52.6. The Hall–Kier alpha value is -9.21. The second kappa shape index (κ2) is 43.6. The molecule has 0 aliphatic heterocycles. The van der Waals surface area contributed by atoms with Crippen molar-refractivity contribution in [3.8, 4) is 84.1 Å². The van der Waals surface area contributed by atoms with E-state index in [1.54, 1.807) is 0 Å². The minimum absolute atomic E-state index is 1.03. The Morgan fingerprint density at radius 2 is 0.636 bits per heavy atom. The molecule has 11 aromatic rings. The average Bonchev–Trinajstić information content (AvgIpc) is 0.731. The van der Waals surface area contributed by atoms with Gasteiger partial charge in [-0.3, -0.25) is 0 Å². The summed E-state index contributed by atoms with van der Waals surface area (Å²) in [6.07, 6.45) is 64.3. The molecule has 0 radical (unpaired) electrons. The van der Waals surface area contributed by atoms with Gasteiger partial charge < -0.3 is 0 Å². The lowest BCUT2D eigenvalue weighted by molar-refractivity contribution is -0.698. The topological polar surface area (TPSA) is 34.9 Å². The quantitative estimate of drug-likeness (QED) is 0.0275. The Morgan fingerprint density at radius 1 is 0.262 bits per heavy atom.